The van der Waals surface area contributed by atoms with Crippen LogP contribution in [0.25, 0.3) is 0 Å². The molecule has 1 atom stereocenters. The summed E-state index contributed by atoms with van der Waals surface area (Å²) in [5.74, 6) is -0.534. The van der Waals surface area contributed by atoms with Gasteiger partial charge in [0.15, 0.2) is 0 Å². The Hall–Kier alpha value is -1.69. The number of anilines is 1. The number of nitrogens with zero attached hydrogens (tertiary/aromatic N) is 2. The third kappa shape index (κ3) is 2.43. The lowest BCUT2D eigenvalue weighted by Gasteiger charge is -2.33. The highest BCUT2D eigenvalue weighted by Gasteiger charge is 2.24. The molecule has 0 unspecified atom stereocenters. The first-order chi connectivity index (χ1) is 8.49. The van der Waals surface area contributed by atoms with Crippen LogP contribution in [-0.2, 0) is 0 Å². The van der Waals surface area contributed by atoms with Gasteiger partial charge in [-0.05, 0) is 25.5 Å². The van der Waals surface area contributed by atoms with Crippen LogP contribution in [0.3, 0.4) is 0 Å². The van der Waals surface area contributed by atoms with Crippen molar-refractivity contribution in [3.8, 4) is 0 Å². The lowest BCUT2D eigenvalue weighted by molar-refractivity contribution is -0.384. The maximum absolute atomic E-state index is 13.4. The molecule has 0 bridgehead atoms. The van der Waals surface area contributed by atoms with Crippen LogP contribution in [0.5, 0.6) is 0 Å². The van der Waals surface area contributed by atoms with Crippen LogP contribution in [0.2, 0.25) is 0 Å². The zero-order valence-electron chi connectivity index (χ0n) is 10.4. The number of rotatable bonds is 2. The number of nitro benzene ring substituents is 1. The number of piperazine rings is 1. The average molecular weight is 253 g/mol. The summed E-state index contributed by atoms with van der Waals surface area (Å²) in [6.45, 7) is 5.79. The van der Waals surface area contributed by atoms with Gasteiger partial charge in [-0.15, -0.1) is 0 Å². The molecule has 1 fully saturated rings. The van der Waals surface area contributed by atoms with Crippen molar-refractivity contribution in [1.29, 1.82) is 0 Å². The third-order valence-corrected chi connectivity index (χ3v) is 3.16. The quantitative estimate of drug-likeness (QED) is 0.645. The molecule has 98 valence electrons. The van der Waals surface area contributed by atoms with Crippen LogP contribution in [0.1, 0.15) is 12.5 Å². The highest BCUT2D eigenvalue weighted by molar-refractivity contribution is 5.65. The number of halogens is 1. The van der Waals surface area contributed by atoms with Gasteiger partial charge < -0.3 is 10.2 Å². The molecule has 1 aromatic rings. The van der Waals surface area contributed by atoms with Gasteiger partial charge in [0.2, 0.25) is 0 Å². The Balaban J connectivity index is 2.41. The maximum atomic E-state index is 13.4. The highest BCUT2D eigenvalue weighted by atomic mass is 19.1. The first kappa shape index (κ1) is 12.8. The smallest absolute Gasteiger partial charge is 0.295 e. The summed E-state index contributed by atoms with van der Waals surface area (Å²) in [6, 6.07) is 2.84. The topological polar surface area (TPSA) is 58.4 Å². The van der Waals surface area contributed by atoms with Crippen LogP contribution in [-0.4, -0.2) is 30.6 Å². The number of aryl methyl sites for hydroxylation is 1. The minimum atomic E-state index is -0.534. The third-order valence-electron chi connectivity index (χ3n) is 3.16. The predicted octanol–water partition coefficient (Wildman–Crippen LogP) is 1.84. The SMILES string of the molecule is Cc1cc(N2CCN[C@@H](C)C2)c([N+](=O)[O-])cc1F. The van der Waals surface area contributed by atoms with Crippen molar-refractivity contribution in [1.82, 2.24) is 5.32 Å². The van der Waals surface area contributed by atoms with E-state index in [1.54, 1.807) is 13.0 Å². The Labute approximate surface area is 105 Å². The van der Waals surface area contributed by atoms with E-state index in [-0.39, 0.29) is 11.7 Å². The van der Waals surface area contributed by atoms with Crippen LogP contribution in [0.15, 0.2) is 12.1 Å². The van der Waals surface area contributed by atoms with Gasteiger partial charge in [0, 0.05) is 25.7 Å². The molecule has 1 saturated heterocycles. The molecular formula is C12H16FN3O2. The monoisotopic (exact) mass is 253 g/mol. The van der Waals surface area contributed by atoms with Gasteiger partial charge in [0.25, 0.3) is 5.69 Å². The second kappa shape index (κ2) is 4.89. The summed E-state index contributed by atoms with van der Waals surface area (Å²) in [5, 5.41) is 14.3. The van der Waals surface area contributed by atoms with Crippen LogP contribution in [0, 0.1) is 22.9 Å². The van der Waals surface area contributed by atoms with Crippen molar-refractivity contribution < 1.29 is 9.31 Å². The molecule has 0 aromatic heterocycles. The largest absolute Gasteiger partial charge is 0.363 e. The van der Waals surface area contributed by atoms with Gasteiger partial charge in [0.1, 0.15) is 11.5 Å². The zero-order valence-corrected chi connectivity index (χ0v) is 10.4. The molecule has 0 spiro atoms. The van der Waals surface area contributed by atoms with E-state index in [1.165, 1.54) is 0 Å². The molecule has 1 heterocycles. The molecule has 1 N–H and O–H groups in total. The fourth-order valence-electron chi connectivity index (χ4n) is 2.21. The summed E-state index contributed by atoms with van der Waals surface area (Å²) in [4.78, 5) is 12.4. The van der Waals surface area contributed by atoms with E-state index < -0.39 is 10.7 Å². The molecule has 2 rings (SSSR count). The number of hydrogen-bond acceptors (Lipinski definition) is 4. The molecule has 1 aliphatic heterocycles. The van der Waals surface area contributed by atoms with Crippen LogP contribution < -0.4 is 10.2 Å². The van der Waals surface area contributed by atoms with Gasteiger partial charge in [0.05, 0.1) is 11.0 Å². The molecule has 1 aliphatic rings. The summed E-state index contributed by atoms with van der Waals surface area (Å²) in [6.07, 6.45) is 0. The molecule has 0 saturated carbocycles. The normalized spacial score (nSPS) is 19.9. The number of benzene rings is 1. The summed E-state index contributed by atoms with van der Waals surface area (Å²) >= 11 is 0. The van der Waals surface area contributed by atoms with E-state index in [1.807, 2.05) is 11.8 Å². The number of hydrogen-bond donors (Lipinski definition) is 1. The molecule has 0 radical (unpaired) electrons. The van der Waals surface area contributed by atoms with Gasteiger partial charge >= 0.3 is 0 Å². The maximum Gasteiger partial charge on any atom is 0.295 e. The average Bonchev–Trinajstić information content (AvgIpc) is 2.31. The first-order valence-corrected chi connectivity index (χ1v) is 5.92. The minimum Gasteiger partial charge on any atom is -0.363 e. The van der Waals surface area contributed by atoms with Gasteiger partial charge in [-0.25, -0.2) is 4.39 Å². The Kier molecular flexibility index (Phi) is 3.47. The molecule has 5 nitrogen and oxygen atoms in total. The second-order valence-corrected chi connectivity index (χ2v) is 4.65. The Morgan fingerprint density at radius 1 is 1.56 bits per heavy atom. The van der Waals surface area contributed by atoms with E-state index >= 15 is 0 Å². The summed E-state index contributed by atoms with van der Waals surface area (Å²) in [5.41, 5.74) is 0.779. The number of nitro groups is 1. The van der Waals surface area contributed by atoms with Crippen molar-refractivity contribution in [2.24, 2.45) is 0 Å². The molecule has 0 amide bonds. The standard InChI is InChI=1S/C12H16FN3O2/c1-8-5-11(12(16(17)18)6-10(8)13)15-4-3-14-9(2)7-15/h5-6,9,14H,3-4,7H2,1-2H3/t9-/m0/s1. The molecule has 6 heteroatoms. The fraction of sp³-hybridized carbons (Fsp3) is 0.500. The highest BCUT2D eigenvalue weighted by Crippen LogP contribution is 2.31. The summed E-state index contributed by atoms with van der Waals surface area (Å²) in [7, 11) is 0. The second-order valence-electron chi connectivity index (χ2n) is 4.65. The van der Waals surface area contributed by atoms with Crippen molar-refractivity contribution in [2.45, 2.75) is 19.9 Å². The predicted molar refractivity (Wildman–Crippen MR) is 67.5 cm³/mol. The van der Waals surface area contributed by atoms with Crippen molar-refractivity contribution >= 4 is 11.4 Å². The van der Waals surface area contributed by atoms with Crippen molar-refractivity contribution in [3.63, 3.8) is 0 Å². The van der Waals surface area contributed by atoms with E-state index in [0.717, 1.165) is 12.6 Å². The lowest BCUT2D eigenvalue weighted by atomic mass is 10.1. The Bertz CT molecular complexity index is 479. The zero-order chi connectivity index (χ0) is 13.3. The number of nitrogens with one attached hydrogen (secondary N) is 1. The Morgan fingerprint density at radius 3 is 2.89 bits per heavy atom. The molecule has 0 aliphatic carbocycles. The van der Waals surface area contributed by atoms with E-state index in [9.17, 15) is 14.5 Å². The van der Waals surface area contributed by atoms with E-state index in [0.29, 0.717) is 24.3 Å². The van der Waals surface area contributed by atoms with Gasteiger partial charge in [-0.1, -0.05) is 0 Å². The van der Waals surface area contributed by atoms with Gasteiger partial charge in [-0.3, -0.25) is 10.1 Å². The van der Waals surface area contributed by atoms with E-state index in [4.69, 9.17) is 0 Å². The minimum absolute atomic E-state index is 0.160. The van der Waals surface area contributed by atoms with Crippen molar-refractivity contribution in [2.75, 3.05) is 24.5 Å². The summed E-state index contributed by atoms with van der Waals surface area (Å²) < 4.78 is 13.4. The van der Waals surface area contributed by atoms with E-state index in [2.05, 4.69) is 5.32 Å². The molecule has 1 aromatic carbocycles. The van der Waals surface area contributed by atoms with Crippen molar-refractivity contribution in [3.05, 3.63) is 33.6 Å². The molecular weight excluding hydrogens is 237 g/mol. The fourth-order valence-corrected chi connectivity index (χ4v) is 2.21. The van der Waals surface area contributed by atoms with Gasteiger partial charge in [-0.2, -0.15) is 0 Å². The molecule has 18 heavy (non-hydrogen) atoms. The van der Waals surface area contributed by atoms with Crippen LogP contribution >= 0.6 is 0 Å². The van der Waals surface area contributed by atoms with Crippen LogP contribution in [0.4, 0.5) is 15.8 Å². The Morgan fingerprint density at radius 2 is 2.28 bits per heavy atom. The lowest BCUT2D eigenvalue weighted by Crippen LogP contribution is -2.49. The first-order valence-electron chi connectivity index (χ1n) is 5.92.